The molecule has 106 valence electrons. The maximum absolute atomic E-state index is 10.5. The van der Waals surface area contributed by atoms with Crippen LogP contribution in [0.3, 0.4) is 0 Å². The molecule has 19 heavy (non-hydrogen) atoms. The van der Waals surface area contributed by atoms with Crippen molar-refractivity contribution in [2.45, 2.75) is 57.3 Å². The Morgan fingerprint density at radius 2 is 1.95 bits per heavy atom. The molecule has 3 nitrogen and oxygen atoms in total. The molecule has 0 amide bonds. The van der Waals surface area contributed by atoms with Crippen LogP contribution in [0.25, 0.3) is 0 Å². The van der Waals surface area contributed by atoms with Crippen molar-refractivity contribution in [1.82, 2.24) is 0 Å². The van der Waals surface area contributed by atoms with Crippen LogP contribution in [0.15, 0.2) is 24.3 Å². The molecule has 1 N–H and O–H groups in total. The van der Waals surface area contributed by atoms with Crippen molar-refractivity contribution in [2.24, 2.45) is 0 Å². The zero-order valence-corrected chi connectivity index (χ0v) is 12.1. The lowest BCUT2D eigenvalue weighted by atomic mass is 9.75. The molecular formula is C16H24O3. The van der Waals surface area contributed by atoms with Gasteiger partial charge in [-0.25, -0.2) is 0 Å². The predicted molar refractivity (Wildman–Crippen MR) is 75.4 cm³/mol. The van der Waals surface area contributed by atoms with Crippen molar-refractivity contribution in [1.29, 1.82) is 0 Å². The molecule has 1 saturated carbocycles. The van der Waals surface area contributed by atoms with Gasteiger partial charge in [0.15, 0.2) is 0 Å². The van der Waals surface area contributed by atoms with Gasteiger partial charge in [0, 0.05) is 19.1 Å². The summed E-state index contributed by atoms with van der Waals surface area (Å²) in [6.07, 6.45) is 3.47. The summed E-state index contributed by atoms with van der Waals surface area (Å²) < 4.78 is 11.4. The van der Waals surface area contributed by atoms with Crippen LogP contribution in [0.2, 0.25) is 0 Å². The Morgan fingerprint density at radius 1 is 1.26 bits per heavy atom. The fraction of sp³-hybridized carbons (Fsp3) is 0.625. The third-order valence-corrected chi connectivity index (χ3v) is 3.90. The molecule has 1 aliphatic carbocycles. The van der Waals surface area contributed by atoms with Crippen LogP contribution in [0.1, 0.15) is 51.2 Å². The maximum Gasteiger partial charge on any atom is 0.125 e. The average Bonchev–Trinajstić information content (AvgIpc) is 2.33. The highest BCUT2D eigenvalue weighted by Crippen LogP contribution is 2.43. The number of benzene rings is 1. The molecule has 0 aliphatic heterocycles. The van der Waals surface area contributed by atoms with Gasteiger partial charge in [-0.15, -0.1) is 0 Å². The van der Waals surface area contributed by atoms with E-state index in [1.54, 1.807) is 7.11 Å². The number of aliphatic hydroxyl groups is 1. The van der Waals surface area contributed by atoms with Crippen molar-refractivity contribution in [2.75, 3.05) is 7.11 Å². The molecule has 3 heteroatoms. The summed E-state index contributed by atoms with van der Waals surface area (Å²) in [5.74, 6) is 0.774. The fourth-order valence-corrected chi connectivity index (χ4v) is 2.64. The predicted octanol–water partition coefficient (Wildman–Crippen LogP) is 3.47. The van der Waals surface area contributed by atoms with Crippen molar-refractivity contribution >= 4 is 0 Å². The van der Waals surface area contributed by atoms with Gasteiger partial charge in [-0.1, -0.05) is 18.2 Å². The second-order valence-electron chi connectivity index (χ2n) is 5.67. The van der Waals surface area contributed by atoms with E-state index in [4.69, 9.17) is 9.47 Å². The first-order valence-electron chi connectivity index (χ1n) is 7.05. The van der Waals surface area contributed by atoms with E-state index < -0.39 is 6.10 Å². The Hall–Kier alpha value is -1.06. The zero-order valence-electron chi connectivity index (χ0n) is 12.1. The molecule has 1 atom stereocenters. The number of aliphatic hydroxyl groups excluding tert-OH is 1. The molecule has 2 rings (SSSR count). The van der Waals surface area contributed by atoms with Gasteiger partial charge in [-0.05, 0) is 39.2 Å². The van der Waals surface area contributed by atoms with Crippen LogP contribution in [0, 0.1) is 0 Å². The van der Waals surface area contributed by atoms with E-state index >= 15 is 0 Å². The smallest absolute Gasteiger partial charge is 0.125 e. The van der Waals surface area contributed by atoms with Crippen molar-refractivity contribution < 1.29 is 14.6 Å². The monoisotopic (exact) mass is 264 g/mol. The molecular weight excluding hydrogens is 240 g/mol. The van der Waals surface area contributed by atoms with E-state index in [-0.39, 0.29) is 11.7 Å². The molecule has 1 aliphatic rings. The van der Waals surface area contributed by atoms with Crippen LogP contribution in [0.4, 0.5) is 0 Å². The number of hydrogen-bond donors (Lipinski definition) is 1. The third-order valence-electron chi connectivity index (χ3n) is 3.90. The molecule has 1 aromatic carbocycles. The molecule has 0 aromatic heterocycles. The molecule has 1 fully saturated rings. The van der Waals surface area contributed by atoms with Crippen molar-refractivity contribution in [3.8, 4) is 5.75 Å². The highest BCUT2D eigenvalue weighted by molar-refractivity contribution is 5.35. The van der Waals surface area contributed by atoms with Gasteiger partial charge < -0.3 is 14.6 Å². The Bertz CT molecular complexity index is 405. The lowest BCUT2D eigenvalue weighted by Gasteiger charge is -2.42. The van der Waals surface area contributed by atoms with Crippen molar-refractivity contribution in [3.05, 3.63) is 29.8 Å². The van der Waals surface area contributed by atoms with Crippen LogP contribution in [0.5, 0.6) is 5.75 Å². The summed E-state index contributed by atoms with van der Waals surface area (Å²) in [7, 11) is 1.74. The summed E-state index contributed by atoms with van der Waals surface area (Å²) in [5.41, 5.74) is 0.726. The van der Waals surface area contributed by atoms with Crippen molar-refractivity contribution in [3.63, 3.8) is 0 Å². The molecule has 0 radical (unpaired) electrons. The minimum atomic E-state index is -0.532. The summed E-state index contributed by atoms with van der Waals surface area (Å²) in [6.45, 7) is 3.98. The van der Waals surface area contributed by atoms with Gasteiger partial charge in [0.1, 0.15) is 5.75 Å². The molecule has 1 aromatic rings. The minimum Gasteiger partial charge on any atom is -0.491 e. The lowest BCUT2D eigenvalue weighted by molar-refractivity contribution is -0.100. The Labute approximate surface area is 115 Å². The highest BCUT2D eigenvalue weighted by Gasteiger charge is 2.39. The quantitative estimate of drug-likeness (QED) is 0.855. The number of rotatable bonds is 6. The summed E-state index contributed by atoms with van der Waals surface area (Å²) in [6, 6.07) is 7.72. The second kappa shape index (κ2) is 5.93. The van der Waals surface area contributed by atoms with E-state index in [0.717, 1.165) is 24.2 Å². The number of hydrogen-bond acceptors (Lipinski definition) is 3. The Balaban J connectivity index is 2.12. The lowest BCUT2D eigenvalue weighted by Crippen LogP contribution is -2.40. The largest absolute Gasteiger partial charge is 0.491 e. The normalized spacial score (nSPS) is 19.0. The third kappa shape index (κ3) is 3.28. The molecule has 0 spiro atoms. The topological polar surface area (TPSA) is 38.7 Å². The van der Waals surface area contributed by atoms with Crippen LogP contribution < -0.4 is 4.74 Å². The first kappa shape index (κ1) is 14.4. The minimum absolute atomic E-state index is 0.105. The summed E-state index contributed by atoms with van der Waals surface area (Å²) in [5, 5.41) is 10.5. The maximum atomic E-state index is 10.5. The van der Waals surface area contributed by atoms with E-state index in [1.807, 2.05) is 38.1 Å². The fourth-order valence-electron chi connectivity index (χ4n) is 2.64. The summed E-state index contributed by atoms with van der Waals surface area (Å²) in [4.78, 5) is 0. The second-order valence-corrected chi connectivity index (χ2v) is 5.67. The Kier molecular flexibility index (Phi) is 4.48. The van der Waals surface area contributed by atoms with Crippen LogP contribution >= 0.6 is 0 Å². The molecule has 0 heterocycles. The molecule has 0 bridgehead atoms. The molecule has 1 unspecified atom stereocenters. The first-order valence-corrected chi connectivity index (χ1v) is 7.05. The highest BCUT2D eigenvalue weighted by atomic mass is 16.5. The van der Waals surface area contributed by atoms with E-state index in [0.29, 0.717) is 6.42 Å². The van der Waals surface area contributed by atoms with Gasteiger partial charge in [0.2, 0.25) is 0 Å². The van der Waals surface area contributed by atoms with Gasteiger partial charge in [0.25, 0.3) is 0 Å². The average molecular weight is 264 g/mol. The van der Waals surface area contributed by atoms with Gasteiger partial charge in [-0.2, -0.15) is 0 Å². The zero-order chi connectivity index (χ0) is 13.9. The number of ether oxygens (including phenoxy) is 2. The summed E-state index contributed by atoms with van der Waals surface area (Å²) >= 11 is 0. The number of para-hydroxylation sites is 1. The Morgan fingerprint density at radius 3 is 2.47 bits per heavy atom. The van der Waals surface area contributed by atoms with E-state index in [9.17, 15) is 5.11 Å². The van der Waals surface area contributed by atoms with Crippen LogP contribution in [-0.4, -0.2) is 23.9 Å². The molecule has 0 saturated heterocycles. The SMILES string of the molecule is COC1(CC(O)c2ccccc2OC(C)C)CCC1. The van der Waals surface area contributed by atoms with Gasteiger partial charge >= 0.3 is 0 Å². The van der Waals surface area contributed by atoms with Crippen LogP contribution in [-0.2, 0) is 4.74 Å². The van der Waals surface area contributed by atoms with Gasteiger partial charge in [0.05, 0.1) is 17.8 Å². The number of methoxy groups -OCH3 is 1. The first-order chi connectivity index (χ1) is 9.06. The van der Waals surface area contributed by atoms with E-state index in [2.05, 4.69) is 0 Å². The van der Waals surface area contributed by atoms with E-state index in [1.165, 1.54) is 6.42 Å². The van der Waals surface area contributed by atoms with Gasteiger partial charge in [-0.3, -0.25) is 0 Å². The standard InChI is InChI=1S/C16H24O3/c1-12(2)19-15-8-5-4-7-13(15)14(17)11-16(18-3)9-6-10-16/h4-5,7-8,12,14,17H,6,9-11H2,1-3H3.